The molecule has 2 nitrogen and oxygen atoms in total. The van der Waals surface area contributed by atoms with Crippen molar-refractivity contribution in [2.75, 3.05) is 19.7 Å². The number of nitrogens with one attached hydrogen (secondary N) is 1. The van der Waals surface area contributed by atoms with Gasteiger partial charge in [0, 0.05) is 13.2 Å². The van der Waals surface area contributed by atoms with Crippen LogP contribution >= 0.6 is 0 Å². The Balaban J connectivity index is 2.18. The van der Waals surface area contributed by atoms with E-state index in [1.54, 1.807) is 0 Å². The zero-order valence-corrected chi connectivity index (χ0v) is 12.0. The average molecular weight is 249 g/mol. The smallest absolute Gasteiger partial charge is 0.0722 e. The van der Waals surface area contributed by atoms with Crippen LogP contribution < -0.4 is 5.32 Å². The second-order valence-corrected chi connectivity index (χ2v) is 5.05. The zero-order valence-electron chi connectivity index (χ0n) is 12.0. The highest BCUT2D eigenvalue weighted by molar-refractivity contribution is 5.14. The van der Waals surface area contributed by atoms with Crippen LogP contribution in [0.4, 0.5) is 0 Å². The predicted molar refractivity (Wildman–Crippen MR) is 77.9 cm³/mol. The standard InChI is InChI=1S/C16H27NO/c1-4-17-13-16(14(2)3)18-12-8-11-15-9-6-5-7-10-15/h5-7,9-10,14,16-17H,4,8,11-13H2,1-3H3. The van der Waals surface area contributed by atoms with E-state index in [0.717, 1.165) is 32.5 Å². The second-order valence-electron chi connectivity index (χ2n) is 5.05. The zero-order chi connectivity index (χ0) is 13.2. The number of benzene rings is 1. The van der Waals surface area contributed by atoms with Gasteiger partial charge in [0.1, 0.15) is 0 Å². The molecule has 0 aliphatic heterocycles. The topological polar surface area (TPSA) is 21.3 Å². The van der Waals surface area contributed by atoms with E-state index >= 15 is 0 Å². The minimum atomic E-state index is 0.334. The fraction of sp³-hybridized carbons (Fsp3) is 0.625. The Morgan fingerprint density at radius 1 is 1.17 bits per heavy atom. The van der Waals surface area contributed by atoms with Crippen LogP contribution in [0.3, 0.4) is 0 Å². The maximum atomic E-state index is 5.96. The third-order valence-electron chi connectivity index (χ3n) is 3.12. The van der Waals surface area contributed by atoms with Gasteiger partial charge in [0.05, 0.1) is 6.10 Å². The van der Waals surface area contributed by atoms with Crippen molar-refractivity contribution in [2.45, 2.75) is 39.7 Å². The summed E-state index contributed by atoms with van der Waals surface area (Å²) in [5.74, 6) is 0.570. The molecule has 1 aromatic rings. The van der Waals surface area contributed by atoms with Crippen LogP contribution in [0, 0.1) is 5.92 Å². The molecule has 1 rings (SSSR count). The third-order valence-corrected chi connectivity index (χ3v) is 3.12. The summed E-state index contributed by atoms with van der Waals surface area (Å²) in [7, 11) is 0. The van der Waals surface area contributed by atoms with Crippen LogP contribution in [0.1, 0.15) is 32.8 Å². The van der Waals surface area contributed by atoms with Crippen molar-refractivity contribution in [2.24, 2.45) is 5.92 Å². The Kier molecular flexibility index (Phi) is 7.70. The summed E-state index contributed by atoms with van der Waals surface area (Å²) in [5, 5.41) is 3.36. The van der Waals surface area contributed by atoms with Crippen LogP contribution in [0.25, 0.3) is 0 Å². The lowest BCUT2D eigenvalue weighted by atomic mass is 10.1. The number of aryl methyl sites for hydroxylation is 1. The van der Waals surface area contributed by atoms with E-state index in [9.17, 15) is 0 Å². The van der Waals surface area contributed by atoms with E-state index in [0.29, 0.717) is 12.0 Å². The number of rotatable bonds is 9. The van der Waals surface area contributed by atoms with E-state index < -0.39 is 0 Å². The van der Waals surface area contributed by atoms with Gasteiger partial charge in [-0.15, -0.1) is 0 Å². The highest BCUT2D eigenvalue weighted by atomic mass is 16.5. The maximum Gasteiger partial charge on any atom is 0.0722 e. The molecule has 0 fully saturated rings. The molecule has 0 spiro atoms. The largest absolute Gasteiger partial charge is 0.377 e. The van der Waals surface area contributed by atoms with Gasteiger partial charge in [-0.2, -0.15) is 0 Å². The summed E-state index contributed by atoms with van der Waals surface area (Å²) < 4.78 is 5.96. The van der Waals surface area contributed by atoms with Gasteiger partial charge in [-0.25, -0.2) is 0 Å². The van der Waals surface area contributed by atoms with Crippen molar-refractivity contribution in [3.8, 4) is 0 Å². The Hall–Kier alpha value is -0.860. The molecule has 1 unspecified atom stereocenters. The van der Waals surface area contributed by atoms with Crippen molar-refractivity contribution in [1.82, 2.24) is 5.32 Å². The highest BCUT2D eigenvalue weighted by Gasteiger charge is 2.12. The Morgan fingerprint density at radius 2 is 1.89 bits per heavy atom. The molecule has 0 saturated carbocycles. The van der Waals surface area contributed by atoms with Gasteiger partial charge in [-0.3, -0.25) is 0 Å². The van der Waals surface area contributed by atoms with Crippen LogP contribution in [-0.2, 0) is 11.2 Å². The molecule has 1 aromatic carbocycles. The van der Waals surface area contributed by atoms with Crippen molar-refractivity contribution < 1.29 is 4.74 Å². The molecule has 102 valence electrons. The Labute approximate surface area is 112 Å². The first kappa shape index (κ1) is 15.2. The molecular weight excluding hydrogens is 222 g/mol. The Morgan fingerprint density at radius 3 is 2.50 bits per heavy atom. The van der Waals surface area contributed by atoms with Gasteiger partial charge >= 0.3 is 0 Å². The van der Waals surface area contributed by atoms with Gasteiger partial charge in [0.2, 0.25) is 0 Å². The quantitative estimate of drug-likeness (QED) is 0.678. The minimum Gasteiger partial charge on any atom is -0.377 e. The van der Waals surface area contributed by atoms with E-state index in [1.165, 1.54) is 5.56 Å². The van der Waals surface area contributed by atoms with Gasteiger partial charge in [-0.05, 0) is 30.9 Å². The highest BCUT2D eigenvalue weighted by Crippen LogP contribution is 2.08. The number of ether oxygens (including phenoxy) is 1. The first-order valence-electron chi connectivity index (χ1n) is 7.10. The summed E-state index contributed by atoms with van der Waals surface area (Å²) in [6, 6.07) is 10.6. The van der Waals surface area contributed by atoms with Crippen LogP contribution in [0.15, 0.2) is 30.3 Å². The molecule has 0 heterocycles. The molecule has 0 amide bonds. The van der Waals surface area contributed by atoms with Crippen LogP contribution in [0.2, 0.25) is 0 Å². The van der Waals surface area contributed by atoms with Crippen molar-refractivity contribution in [3.63, 3.8) is 0 Å². The average Bonchev–Trinajstić information content (AvgIpc) is 2.38. The Bertz CT molecular complexity index is 297. The second kappa shape index (κ2) is 9.12. The fourth-order valence-corrected chi connectivity index (χ4v) is 1.93. The van der Waals surface area contributed by atoms with E-state index in [2.05, 4.69) is 56.4 Å². The molecule has 1 N–H and O–H groups in total. The molecule has 0 saturated heterocycles. The van der Waals surface area contributed by atoms with Gasteiger partial charge in [0.15, 0.2) is 0 Å². The first-order valence-corrected chi connectivity index (χ1v) is 7.10. The van der Waals surface area contributed by atoms with Crippen LogP contribution in [0.5, 0.6) is 0 Å². The molecule has 1 atom stereocenters. The lowest BCUT2D eigenvalue weighted by Gasteiger charge is -2.21. The van der Waals surface area contributed by atoms with E-state index in [1.807, 2.05) is 0 Å². The summed E-state index contributed by atoms with van der Waals surface area (Å²) in [5.41, 5.74) is 1.40. The summed E-state index contributed by atoms with van der Waals surface area (Å²) in [4.78, 5) is 0. The molecule has 0 radical (unpaired) electrons. The molecule has 18 heavy (non-hydrogen) atoms. The maximum absolute atomic E-state index is 5.96. The molecule has 0 aromatic heterocycles. The lowest BCUT2D eigenvalue weighted by molar-refractivity contribution is 0.0221. The molecule has 2 heteroatoms. The SMILES string of the molecule is CCNCC(OCCCc1ccccc1)C(C)C. The molecular formula is C16H27NO. The van der Waals surface area contributed by atoms with Gasteiger partial charge < -0.3 is 10.1 Å². The van der Waals surface area contributed by atoms with E-state index in [4.69, 9.17) is 4.74 Å². The van der Waals surface area contributed by atoms with E-state index in [-0.39, 0.29) is 0 Å². The third kappa shape index (κ3) is 6.18. The first-order chi connectivity index (χ1) is 8.74. The number of hydrogen-bond acceptors (Lipinski definition) is 2. The molecule has 0 aliphatic rings. The van der Waals surface area contributed by atoms with Crippen molar-refractivity contribution >= 4 is 0 Å². The monoisotopic (exact) mass is 249 g/mol. The lowest BCUT2D eigenvalue weighted by Crippen LogP contribution is -2.33. The number of hydrogen-bond donors (Lipinski definition) is 1. The van der Waals surface area contributed by atoms with Gasteiger partial charge in [0.25, 0.3) is 0 Å². The minimum absolute atomic E-state index is 0.334. The van der Waals surface area contributed by atoms with Gasteiger partial charge in [-0.1, -0.05) is 51.1 Å². The predicted octanol–water partition coefficient (Wildman–Crippen LogP) is 3.27. The molecule has 0 bridgehead atoms. The van der Waals surface area contributed by atoms with Crippen LogP contribution in [-0.4, -0.2) is 25.8 Å². The summed E-state index contributed by atoms with van der Waals surface area (Å²) in [6.07, 6.45) is 2.53. The summed E-state index contributed by atoms with van der Waals surface area (Å²) in [6.45, 7) is 9.39. The fourth-order valence-electron chi connectivity index (χ4n) is 1.93. The summed E-state index contributed by atoms with van der Waals surface area (Å²) >= 11 is 0. The number of likely N-dealkylation sites (N-methyl/N-ethyl adjacent to an activating group) is 1. The van der Waals surface area contributed by atoms with Crippen molar-refractivity contribution in [3.05, 3.63) is 35.9 Å². The normalized spacial score (nSPS) is 12.9. The molecule has 0 aliphatic carbocycles. The van der Waals surface area contributed by atoms with Crippen molar-refractivity contribution in [1.29, 1.82) is 0 Å².